The number of hydrogen-bond acceptors (Lipinski definition) is 2. The van der Waals surface area contributed by atoms with Crippen molar-refractivity contribution < 1.29 is 5.11 Å². The molecular weight excluding hydrogens is 397 g/mol. The lowest BCUT2D eigenvalue weighted by Crippen LogP contribution is -2.22. The molecule has 0 fully saturated rings. The second-order valence-electron chi connectivity index (χ2n) is 7.97. The van der Waals surface area contributed by atoms with Crippen molar-refractivity contribution in [2.75, 3.05) is 4.90 Å². The number of nitrogens with zero attached hydrogens (tertiary/aromatic N) is 1. The Bertz CT molecular complexity index is 1130. The zero-order valence-corrected chi connectivity index (χ0v) is 19.3. The maximum Gasteiger partial charge on any atom is 0.126 e. The predicted molar refractivity (Wildman–Crippen MR) is 135 cm³/mol. The van der Waals surface area contributed by atoms with E-state index in [1.165, 1.54) is 33.4 Å². The topological polar surface area (TPSA) is 23.5 Å². The monoisotopic (exact) mass is 425 g/mol. The van der Waals surface area contributed by atoms with Gasteiger partial charge in [-0.15, -0.1) is 0 Å². The van der Waals surface area contributed by atoms with Crippen LogP contribution in [0.3, 0.4) is 0 Å². The summed E-state index contributed by atoms with van der Waals surface area (Å²) in [6, 6.07) is 31.7. The highest BCUT2D eigenvalue weighted by atomic mass is 31.1. The van der Waals surface area contributed by atoms with Gasteiger partial charge in [0, 0.05) is 23.2 Å². The Morgan fingerprint density at radius 1 is 0.710 bits per heavy atom. The van der Waals surface area contributed by atoms with E-state index in [0.717, 1.165) is 17.4 Å². The third kappa shape index (κ3) is 4.81. The molecule has 0 saturated heterocycles. The molecule has 4 aromatic rings. The molecule has 0 heterocycles. The zero-order valence-electron chi connectivity index (χ0n) is 18.3. The number of phenols is 1. The van der Waals surface area contributed by atoms with Crippen molar-refractivity contribution in [2.45, 2.75) is 27.3 Å². The van der Waals surface area contributed by atoms with Crippen LogP contribution in [0.15, 0.2) is 91.0 Å². The molecule has 4 rings (SSSR count). The number of hydrogen-bond donors (Lipinski definition) is 1. The normalized spacial score (nSPS) is 11.2. The van der Waals surface area contributed by atoms with E-state index >= 15 is 0 Å². The summed E-state index contributed by atoms with van der Waals surface area (Å²) in [5.41, 5.74) is 6.99. The van der Waals surface area contributed by atoms with Gasteiger partial charge >= 0.3 is 0 Å². The Labute approximate surface area is 187 Å². The molecule has 156 valence electrons. The number of para-hydroxylation sites is 2. The summed E-state index contributed by atoms with van der Waals surface area (Å²) in [7, 11) is 0.404. The Kier molecular flexibility index (Phi) is 6.39. The summed E-state index contributed by atoms with van der Waals surface area (Å²) in [6.07, 6.45) is 0. The highest BCUT2D eigenvalue weighted by molar-refractivity contribution is 7.56. The largest absolute Gasteiger partial charge is 0.507 e. The van der Waals surface area contributed by atoms with Crippen molar-refractivity contribution >= 4 is 30.6 Å². The first-order valence-electron chi connectivity index (χ1n) is 10.6. The van der Waals surface area contributed by atoms with Gasteiger partial charge in [-0.2, -0.15) is 0 Å². The molecule has 0 aromatic heterocycles. The van der Waals surface area contributed by atoms with E-state index in [0.29, 0.717) is 14.3 Å². The molecule has 2 nitrogen and oxygen atoms in total. The molecule has 0 amide bonds. The quantitative estimate of drug-likeness (QED) is 0.367. The molecule has 0 saturated carbocycles. The number of aryl methyl sites for hydroxylation is 3. The fourth-order valence-corrected chi connectivity index (χ4v) is 5.44. The predicted octanol–water partition coefficient (Wildman–Crippen LogP) is 6.29. The molecule has 0 aliphatic heterocycles. The van der Waals surface area contributed by atoms with Gasteiger partial charge in [0.15, 0.2) is 0 Å². The van der Waals surface area contributed by atoms with Crippen LogP contribution in [0.2, 0.25) is 0 Å². The summed E-state index contributed by atoms with van der Waals surface area (Å²) in [5, 5.41) is 13.0. The van der Waals surface area contributed by atoms with Crippen LogP contribution in [0.5, 0.6) is 5.75 Å². The fourth-order valence-electron chi connectivity index (χ4n) is 3.95. The first-order chi connectivity index (χ1) is 15.0. The van der Waals surface area contributed by atoms with Crippen LogP contribution in [-0.4, -0.2) is 5.11 Å². The van der Waals surface area contributed by atoms with E-state index in [4.69, 9.17) is 0 Å². The number of rotatable bonds is 6. The van der Waals surface area contributed by atoms with Gasteiger partial charge in [-0.05, 0) is 78.7 Å². The van der Waals surface area contributed by atoms with Gasteiger partial charge in [-0.25, -0.2) is 0 Å². The van der Waals surface area contributed by atoms with Crippen molar-refractivity contribution in [3.63, 3.8) is 0 Å². The van der Waals surface area contributed by atoms with Gasteiger partial charge in [0.2, 0.25) is 0 Å². The van der Waals surface area contributed by atoms with E-state index in [9.17, 15) is 5.11 Å². The zero-order chi connectivity index (χ0) is 21.8. The van der Waals surface area contributed by atoms with Crippen molar-refractivity contribution in [2.24, 2.45) is 0 Å². The average molecular weight is 426 g/mol. The summed E-state index contributed by atoms with van der Waals surface area (Å²) < 4.78 is 0. The maximum absolute atomic E-state index is 10.7. The molecule has 1 N–H and O–H groups in total. The third-order valence-electron chi connectivity index (χ3n) is 5.53. The molecule has 1 atom stereocenters. The van der Waals surface area contributed by atoms with E-state index < -0.39 is 0 Å². The first kappa shape index (κ1) is 21.2. The summed E-state index contributed by atoms with van der Waals surface area (Å²) in [6.45, 7) is 7.00. The minimum Gasteiger partial charge on any atom is -0.507 e. The van der Waals surface area contributed by atoms with Gasteiger partial charge in [0.1, 0.15) is 5.75 Å². The van der Waals surface area contributed by atoms with Crippen LogP contribution in [-0.2, 0) is 6.54 Å². The Morgan fingerprint density at radius 2 is 1.32 bits per heavy atom. The molecule has 3 heteroatoms. The summed E-state index contributed by atoms with van der Waals surface area (Å²) in [4.78, 5) is 2.35. The molecule has 0 bridgehead atoms. The molecule has 1 unspecified atom stereocenters. The minimum absolute atomic E-state index is 0.404. The fraction of sp³-hybridized carbons (Fsp3) is 0.143. The van der Waals surface area contributed by atoms with E-state index in [1.807, 2.05) is 13.0 Å². The molecule has 0 spiro atoms. The molecule has 0 aliphatic rings. The van der Waals surface area contributed by atoms with Crippen LogP contribution in [0.25, 0.3) is 0 Å². The molecule has 4 aromatic carbocycles. The highest BCUT2D eigenvalue weighted by Crippen LogP contribution is 2.30. The van der Waals surface area contributed by atoms with Crippen molar-refractivity contribution in [3.05, 3.63) is 113 Å². The Balaban J connectivity index is 1.75. The van der Waals surface area contributed by atoms with Crippen LogP contribution in [0.4, 0.5) is 11.4 Å². The van der Waals surface area contributed by atoms with Crippen LogP contribution >= 0.6 is 8.58 Å². The third-order valence-corrected chi connectivity index (χ3v) is 7.14. The minimum atomic E-state index is 0.404. The SMILES string of the molecule is Cc1cc(C)c(O)c(Pc2c(C)cccc2CN(c2ccccc2)c2ccccc2)c1. The van der Waals surface area contributed by atoms with E-state index in [2.05, 4.69) is 104 Å². The molecular formula is C28H28NOP. The van der Waals surface area contributed by atoms with Crippen molar-refractivity contribution in [1.82, 2.24) is 0 Å². The van der Waals surface area contributed by atoms with Gasteiger partial charge in [0.25, 0.3) is 0 Å². The molecule has 0 aliphatic carbocycles. The summed E-state index contributed by atoms with van der Waals surface area (Å²) >= 11 is 0. The van der Waals surface area contributed by atoms with Crippen LogP contribution in [0.1, 0.15) is 22.3 Å². The Hall–Kier alpha value is -3.09. The number of aromatic hydroxyl groups is 1. The molecule has 0 radical (unpaired) electrons. The smallest absolute Gasteiger partial charge is 0.126 e. The lowest BCUT2D eigenvalue weighted by atomic mass is 10.1. The number of phenolic OH excluding ortho intramolecular Hbond substituents is 1. The molecule has 31 heavy (non-hydrogen) atoms. The number of anilines is 2. The first-order valence-corrected chi connectivity index (χ1v) is 11.6. The second kappa shape index (κ2) is 9.37. The van der Waals surface area contributed by atoms with Crippen LogP contribution in [0, 0.1) is 20.8 Å². The summed E-state index contributed by atoms with van der Waals surface area (Å²) in [5.74, 6) is 0.418. The van der Waals surface area contributed by atoms with Crippen molar-refractivity contribution in [1.29, 1.82) is 0 Å². The van der Waals surface area contributed by atoms with Gasteiger partial charge in [0.05, 0.1) is 0 Å². The number of benzene rings is 4. The van der Waals surface area contributed by atoms with Crippen molar-refractivity contribution in [3.8, 4) is 5.75 Å². The van der Waals surface area contributed by atoms with Gasteiger partial charge in [-0.1, -0.05) is 69.2 Å². The lowest BCUT2D eigenvalue weighted by Gasteiger charge is -2.27. The second-order valence-corrected chi connectivity index (χ2v) is 9.26. The van der Waals surface area contributed by atoms with Gasteiger partial charge in [-0.3, -0.25) is 0 Å². The van der Waals surface area contributed by atoms with Crippen LogP contribution < -0.4 is 15.5 Å². The van der Waals surface area contributed by atoms with E-state index in [1.54, 1.807) is 0 Å². The lowest BCUT2D eigenvalue weighted by molar-refractivity contribution is 0.475. The highest BCUT2D eigenvalue weighted by Gasteiger charge is 2.16. The maximum atomic E-state index is 10.7. The average Bonchev–Trinajstić information content (AvgIpc) is 2.78. The Morgan fingerprint density at radius 3 is 1.94 bits per heavy atom. The van der Waals surface area contributed by atoms with E-state index in [-0.39, 0.29) is 0 Å². The standard InChI is InChI=1S/C28H28NOP/c1-20-17-22(3)27(30)26(18-20)31-28-21(2)11-10-12-23(28)19-29(24-13-6-4-7-14-24)25-15-8-5-9-16-25/h4-18,30-31H,19H2,1-3H3. The van der Waals surface area contributed by atoms with Gasteiger partial charge < -0.3 is 10.0 Å².